The van der Waals surface area contributed by atoms with Crippen LogP contribution in [0, 0.1) is 9.49 Å². The van der Waals surface area contributed by atoms with E-state index in [1.165, 1.54) is 0 Å². The number of benzodiazepines with no additional fused rings is 1. The van der Waals surface area contributed by atoms with Gasteiger partial charge in [0.25, 0.3) is 0 Å². The fraction of sp³-hybridized carbons (Fsp3) is 0.300. The molecule has 1 atom stereocenters. The van der Waals surface area contributed by atoms with Gasteiger partial charge in [-0.1, -0.05) is 57.0 Å². The summed E-state index contributed by atoms with van der Waals surface area (Å²) in [7, 11) is 0. The molecule has 0 spiro atoms. The average Bonchev–Trinajstić information content (AvgIpc) is 2.74. The van der Waals surface area contributed by atoms with E-state index in [1.54, 1.807) is 0 Å². The summed E-state index contributed by atoms with van der Waals surface area (Å²) in [6, 6.07) is 15.9. The average molecular weight is 432 g/mol. The van der Waals surface area contributed by atoms with E-state index in [0.29, 0.717) is 0 Å². The first kappa shape index (κ1) is 17.1. The maximum absolute atomic E-state index is 12.8. The van der Waals surface area contributed by atoms with E-state index < -0.39 is 0 Å². The number of rotatable bonds is 4. The summed E-state index contributed by atoms with van der Waals surface area (Å²) in [5.41, 5.74) is 3.79. The van der Waals surface area contributed by atoms with Crippen molar-refractivity contribution in [3.05, 3.63) is 63.2 Å². The molecule has 24 heavy (non-hydrogen) atoms. The van der Waals surface area contributed by atoms with Crippen LogP contribution in [0.5, 0.6) is 0 Å². The number of amides is 1. The Bertz CT molecular complexity index is 766. The fourth-order valence-electron chi connectivity index (χ4n) is 3.18. The first-order chi connectivity index (χ1) is 11.6. The summed E-state index contributed by atoms with van der Waals surface area (Å²) in [5.74, 6) is 0.245. The Morgan fingerprint density at radius 1 is 1.12 bits per heavy atom. The number of nitrogens with one attached hydrogen (secondary N) is 1. The van der Waals surface area contributed by atoms with Crippen molar-refractivity contribution in [2.75, 3.05) is 5.32 Å². The van der Waals surface area contributed by atoms with E-state index >= 15 is 0 Å². The molecule has 4 heteroatoms. The van der Waals surface area contributed by atoms with Crippen molar-refractivity contribution in [1.29, 1.82) is 0 Å². The van der Waals surface area contributed by atoms with E-state index in [4.69, 9.17) is 4.99 Å². The lowest BCUT2D eigenvalue weighted by Gasteiger charge is -2.20. The van der Waals surface area contributed by atoms with Gasteiger partial charge in [-0.15, -0.1) is 0 Å². The SMILES string of the molecule is CCC(CC)C1N=C(c2ccccc2)c2cc(I)ccc2NC1=O. The minimum absolute atomic E-state index is 0.00270. The van der Waals surface area contributed by atoms with E-state index in [-0.39, 0.29) is 17.9 Å². The number of benzene rings is 2. The largest absolute Gasteiger partial charge is 0.324 e. The summed E-state index contributed by atoms with van der Waals surface area (Å²) in [6.45, 7) is 4.25. The van der Waals surface area contributed by atoms with Crippen LogP contribution in [0.3, 0.4) is 0 Å². The van der Waals surface area contributed by atoms with Gasteiger partial charge in [0.2, 0.25) is 5.91 Å². The lowest BCUT2D eigenvalue weighted by Crippen LogP contribution is -2.32. The Morgan fingerprint density at radius 2 is 1.83 bits per heavy atom. The molecule has 2 aromatic rings. The lowest BCUT2D eigenvalue weighted by molar-refractivity contribution is -0.118. The molecule has 0 fully saturated rings. The summed E-state index contributed by atoms with van der Waals surface area (Å²) in [5, 5.41) is 3.09. The molecule has 1 unspecified atom stereocenters. The third kappa shape index (κ3) is 3.38. The van der Waals surface area contributed by atoms with Gasteiger partial charge in [-0.05, 0) is 46.7 Å². The van der Waals surface area contributed by atoms with Crippen molar-refractivity contribution in [3.8, 4) is 0 Å². The van der Waals surface area contributed by atoms with E-state index in [1.807, 2.05) is 30.3 Å². The predicted molar refractivity (Wildman–Crippen MR) is 108 cm³/mol. The zero-order chi connectivity index (χ0) is 17.1. The van der Waals surface area contributed by atoms with Crippen LogP contribution in [-0.4, -0.2) is 17.7 Å². The highest BCUT2D eigenvalue weighted by Gasteiger charge is 2.30. The summed E-state index contributed by atoms with van der Waals surface area (Å²) in [4.78, 5) is 17.7. The number of fused-ring (bicyclic) bond motifs is 1. The molecule has 2 aromatic carbocycles. The van der Waals surface area contributed by atoms with Gasteiger partial charge < -0.3 is 5.32 Å². The van der Waals surface area contributed by atoms with Crippen LogP contribution < -0.4 is 5.32 Å². The van der Waals surface area contributed by atoms with Crippen LogP contribution >= 0.6 is 22.6 Å². The molecule has 0 radical (unpaired) electrons. The van der Waals surface area contributed by atoms with Crippen LogP contribution in [0.15, 0.2) is 53.5 Å². The molecule has 1 amide bonds. The van der Waals surface area contributed by atoms with Crippen molar-refractivity contribution in [1.82, 2.24) is 0 Å². The Labute approximate surface area is 156 Å². The molecule has 3 rings (SSSR count). The van der Waals surface area contributed by atoms with Gasteiger partial charge in [-0.2, -0.15) is 0 Å². The third-order valence-electron chi connectivity index (χ3n) is 4.57. The van der Waals surface area contributed by atoms with Crippen molar-refractivity contribution >= 4 is 39.9 Å². The normalized spacial score (nSPS) is 17.1. The number of nitrogens with zero attached hydrogens (tertiary/aromatic N) is 1. The number of hydrogen-bond donors (Lipinski definition) is 1. The lowest BCUT2D eigenvalue weighted by atomic mass is 9.93. The van der Waals surface area contributed by atoms with Crippen molar-refractivity contribution < 1.29 is 4.79 Å². The highest BCUT2D eigenvalue weighted by atomic mass is 127. The molecule has 0 aromatic heterocycles. The molecule has 1 aliphatic heterocycles. The van der Waals surface area contributed by atoms with Crippen LogP contribution in [0.25, 0.3) is 0 Å². The monoisotopic (exact) mass is 432 g/mol. The fourth-order valence-corrected chi connectivity index (χ4v) is 3.67. The molecule has 1 N–H and O–H groups in total. The third-order valence-corrected chi connectivity index (χ3v) is 5.24. The highest BCUT2D eigenvalue weighted by molar-refractivity contribution is 14.1. The quantitative estimate of drug-likeness (QED) is 0.688. The smallest absolute Gasteiger partial charge is 0.249 e. The van der Waals surface area contributed by atoms with Gasteiger partial charge in [-0.3, -0.25) is 9.79 Å². The van der Waals surface area contributed by atoms with Crippen molar-refractivity contribution in [2.45, 2.75) is 32.7 Å². The first-order valence-electron chi connectivity index (χ1n) is 8.38. The number of hydrogen-bond acceptors (Lipinski definition) is 2. The maximum Gasteiger partial charge on any atom is 0.249 e. The number of carbonyl (C=O) groups is 1. The minimum atomic E-state index is -0.347. The number of anilines is 1. The molecule has 124 valence electrons. The molecule has 0 saturated carbocycles. The second kappa shape index (κ2) is 7.47. The number of halogens is 1. The molecule has 3 nitrogen and oxygen atoms in total. The van der Waals surface area contributed by atoms with Gasteiger partial charge in [-0.25, -0.2) is 0 Å². The molecule has 0 aliphatic carbocycles. The summed E-state index contributed by atoms with van der Waals surface area (Å²) < 4.78 is 1.13. The van der Waals surface area contributed by atoms with Crippen molar-refractivity contribution in [3.63, 3.8) is 0 Å². The van der Waals surface area contributed by atoms with Gasteiger partial charge in [0.15, 0.2) is 0 Å². The van der Waals surface area contributed by atoms with Crippen molar-refractivity contribution in [2.24, 2.45) is 10.9 Å². The molecule has 1 aliphatic rings. The molecular formula is C20H21IN2O. The van der Waals surface area contributed by atoms with Crippen LogP contribution in [-0.2, 0) is 4.79 Å². The Balaban J connectivity index is 2.20. The van der Waals surface area contributed by atoms with Crippen LogP contribution in [0.1, 0.15) is 37.8 Å². The minimum Gasteiger partial charge on any atom is -0.324 e. The zero-order valence-electron chi connectivity index (χ0n) is 13.9. The second-order valence-electron chi connectivity index (χ2n) is 6.04. The molecule has 0 saturated heterocycles. The Kier molecular flexibility index (Phi) is 5.33. The van der Waals surface area contributed by atoms with Gasteiger partial charge in [0, 0.05) is 14.7 Å². The van der Waals surface area contributed by atoms with Gasteiger partial charge in [0.1, 0.15) is 6.04 Å². The van der Waals surface area contributed by atoms with Crippen LogP contribution in [0.4, 0.5) is 5.69 Å². The van der Waals surface area contributed by atoms with Gasteiger partial charge >= 0.3 is 0 Å². The topological polar surface area (TPSA) is 41.5 Å². The first-order valence-corrected chi connectivity index (χ1v) is 9.46. The zero-order valence-corrected chi connectivity index (χ0v) is 16.1. The second-order valence-corrected chi connectivity index (χ2v) is 7.29. The Hall–Kier alpha value is -1.69. The molecule has 1 heterocycles. The molecule has 0 bridgehead atoms. The standard InChI is InChI=1S/C20H21IN2O/c1-3-13(4-2)19-20(24)22-17-11-10-15(21)12-16(17)18(23-19)14-8-6-5-7-9-14/h5-13,19H,3-4H2,1-2H3,(H,22,24). The predicted octanol–water partition coefficient (Wildman–Crippen LogP) is 4.89. The highest BCUT2D eigenvalue weighted by Crippen LogP contribution is 2.29. The summed E-state index contributed by atoms with van der Waals surface area (Å²) in [6.07, 6.45) is 1.88. The van der Waals surface area contributed by atoms with Gasteiger partial charge in [0.05, 0.1) is 11.4 Å². The summed E-state index contributed by atoms with van der Waals surface area (Å²) >= 11 is 2.30. The molecular weight excluding hydrogens is 411 g/mol. The number of aliphatic imine (C=N–C) groups is 1. The van der Waals surface area contributed by atoms with E-state index in [9.17, 15) is 4.79 Å². The van der Waals surface area contributed by atoms with E-state index in [2.05, 4.69) is 60.0 Å². The Morgan fingerprint density at radius 3 is 2.50 bits per heavy atom. The number of carbonyl (C=O) groups excluding carboxylic acids is 1. The maximum atomic E-state index is 12.8. The van der Waals surface area contributed by atoms with Crippen LogP contribution in [0.2, 0.25) is 0 Å². The van der Waals surface area contributed by atoms with E-state index in [0.717, 1.165) is 38.9 Å².